The molecule has 1 amide bonds. The third-order valence-electron chi connectivity index (χ3n) is 6.37. The minimum absolute atomic E-state index is 0.116. The lowest BCUT2D eigenvalue weighted by Crippen LogP contribution is -2.47. The minimum atomic E-state index is -0.213. The van der Waals surface area contributed by atoms with E-state index >= 15 is 0 Å². The van der Waals surface area contributed by atoms with Crippen molar-refractivity contribution >= 4 is 5.91 Å². The summed E-state index contributed by atoms with van der Waals surface area (Å²) in [4.78, 5) is 19.8. The summed E-state index contributed by atoms with van der Waals surface area (Å²) in [6.45, 7) is 6.08. The maximum absolute atomic E-state index is 13.9. The molecule has 2 fully saturated rings. The third-order valence-corrected chi connectivity index (χ3v) is 6.37. The predicted molar refractivity (Wildman–Crippen MR) is 111 cm³/mol. The van der Waals surface area contributed by atoms with Gasteiger partial charge in [-0.05, 0) is 37.1 Å². The van der Waals surface area contributed by atoms with Crippen molar-refractivity contribution in [1.82, 2.24) is 19.8 Å². The number of hydrogen-bond donors (Lipinski definition) is 1. The van der Waals surface area contributed by atoms with Crippen LogP contribution in [-0.2, 0) is 11.3 Å². The first-order valence-electron chi connectivity index (χ1n) is 10.8. The Kier molecular flexibility index (Phi) is 5.99. The highest BCUT2D eigenvalue weighted by Crippen LogP contribution is 2.36. The molecule has 4 rings (SSSR count). The fraction of sp³-hybridized carbons (Fsp3) is 0.565. The van der Waals surface area contributed by atoms with E-state index in [1.807, 2.05) is 21.7 Å². The minimum Gasteiger partial charge on any atom is -0.336 e. The van der Waals surface area contributed by atoms with Gasteiger partial charge < -0.3 is 14.8 Å². The van der Waals surface area contributed by atoms with Crippen LogP contribution in [0, 0.1) is 5.82 Å². The van der Waals surface area contributed by atoms with Crippen LogP contribution in [0.2, 0.25) is 0 Å². The van der Waals surface area contributed by atoms with Crippen LogP contribution in [-0.4, -0.2) is 45.5 Å². The maximum atomic E-state index is 13.9. The van der Waals surface area contributed by atoms with E-state index in [9.17, 15) is 9.18 Å². The van der Waals surface area contributed by atoms with Gasteiger partial charge in [0.25, 0.3) is 0 Å². The molecule has 3 heterocycles. The van der Waals surface area contributed by atoms with E-state index in [4.69, 9.17) is 0 Å². The first kappa shape index (κ1) is 20.1. The van der Waals surface area contributed by atoms with E-state index in [-0.39, 0.29) is 35.6 Å². The van der Waals surface area contributed by atoms with Gasteiger partial charge in [0.15, 0.2) is 0 Å². The average Bonchev–Trinajstić information content (AvgIpc) is 3.26. The van der Waals surface area contributed by atoms with Gasteiger partial charge in [-0.1, -0.05) is 38.8 Å². The molecule has 5 nitrogen and oxygen atoms in total. The third kappa shape index (κ3) is 4.22. The fourth-order valence-corrected chi connectivity index (χ4v) is 4.99. The second-order valence-electron chi connectivity index (χ2n) is 8.67. The quantitative estimate of drug-likeness (QED) is 0.855. The van der Waals surface area contributed by atoms with Crippen molar-refractivity contribution in [1.29, 1.82) is 0 Å². The van der Waals surface area contributed by atoms with Crippen LogP contribution in [0.3, 0.4) is 0 Å². The first-order chi connectivity index (χ1) is 14.0. The molecule has 1 N–H and O–H groups in total. The Morgan fingerprint density at radius 1 is 1.31 bits per heavy atom. The zero-order valence-corrected chi connectivity index (χ0v) is 17.4. The lowest BCUT2D eigenvalue weighted by Gasteiger charge is -2.31. The molecule has 0 radical (unpaired) electrons. The van der Waals surface area contributed by atoms with Crippen molar-refractivity contribution in [2.75, 3.05) is 13.1 Å². The van der Waals surface area contributed by atoms with Gasteiger partial charge in [0.2, 0.25) is 5.91 Å². The van der Waals surface area contributed by atoms with E-state index in [0.717, 1.165) is 37.2 Å². The van der Waals surface area contributed by atoms with Crippen LogP contribution in [0.25, 0.3) is 0 Å². The molecule has 6 heteroatoms. The SMILES string of the molecule is CC(C)c1nccn1CC(=O)N1C[C@@H](c2cccc(F)c2)[C@@H]2NCCCCC[C@H]21. The normalized spacial score (nSPS) is 25.0. The summed E-state index contributed by atoms with van der Waals surface area (Å²) in [6.07, 6.45) is 8.12. The predicted octanol–water partition coefficient (Wildman–Crippen LogP) is 3.67. The summed E-state index contributed by atoms with van der Waals surface area (Å²) >= 11 is 0. The monoisotopic (exact) mass is 398 g/mol. The molecule has 1 aromatic carbocycles. The molecule has 2 aromatic rings. The summed E-state index contributed by atoms with van der Waals surface area (Å²) in [5.41, 5.74) is 0.980. The Hall–Kier alpha value is -2.21. The highest BCUT2D eigenvalue weighted by atomic mass is 19.1. The maximum Gasteiger partial charge on any atom is 0.242 e. The molecule has 0 unspecified atom stereocenters. The topological polar surface area (TPSA) is 50.2 Å². The lowest BCUT2D eigenvalue weighted by atomic mass is 9.88. The van der Waals surface area contributed by atoms with Crippen molar-refractivity contribution in [3.05, 3.63) is 53.9 Å². The van der Waals surface area contributed by atoms with E-state index in [2.05, 4.69) is 24.1 Å². The number of amides is 1. The summed E-state index contributed by atoms with van der Waals surface area (Å²) in [5.74, 6) is 1.24. The molecule has 3 atom stereocenters. The summed E-state index contributed by atoms with van der Waals surface area (Å²) in [6, 6.07) is 7.20. The molecule has 0 saturated carbocycles. The number of hydrogen-bond acceptors (Lipinski definition) is 3. The fourth-order valence-electron chi connectivity index (χ4n) is 4.99. The van der Waals surface area contributed by atoms with E-state index in [0.29, 0.717) is 13.1 Å². The van der Waals surface area contributed by atoms with Gasteiger partial charge in [0.1, 0.15) is 18.2 Å². The van der Waals surface area contributed by atoms with Crippen molar-refractivity contribution < 1.29 is 9.18 Å². The van der Waals surface area contributed by atoms with Crippen LogP contribution >= 0.6 is 0 Å². The molecule has 0 aliphatic carbocycles. The molecule has 156 valence electrons. The number of rotatable bonds is 4. The Morgan fingerprint density at radius 3 is 2.97 bits per heavy atom. The molecule has 29 heavy (non-hydrogen) atoms. The van der Waals surface area contributed by atoms with Gasteiger partial charge in [-0.15, -0.1) is 0 Å². The Bertz CT molecular complexity index is 849. The second kappa shape index (κ2) is 8.66. The lowest BCUT2D eigenvalue weighted by molar-refractivity contribution is -0.133. The van der Waals surface area contributed by atoms with Crippen molar-refractivity contribution in [3.63, 3.8) is 0 Å². The van der Waals surface area contributed by atoms with Crippen LogP contribution in [0.15, 0.2) is 36.7 Å². The Labute approximate surface area is 172 Å². The summed E-state index contributed by atoms with van der Waals surface area (Å²) in [5, 5.41) is 3.69. The van der Waals surface area contributed by atoms with Crippen molar-refractivity contribution in [2.45, 2.75) is 70.0 Å². The van der Waals surface area contributed by atoms with Crippen LogP contribution in [0.5, 0.6) is 0 Å². The highest BCUT2D eigenvalue weighted by Gasteiger charge is 2.44. The van der Waals surface area contributed by atoms with Gasteiger partial charge in [0, 0.05) is 42.9 Å². The largest absolute Gasteiger partial charge is 0.336 e. The molecular formula is C23H31FN4O. The zero-order valence-electron chi connectivity index (χ0n) is 17.4. The number of imidazole rings is 1. The van der Waals surface area contributed by atoms with Gasteiger partial charge in [-0.25, -0.2) is 9.37 Å². The van der Waals surface area contributed by atoms with Crippen molar-refractivity contribution in [3.8, 4) is 0 Å². The molecule has 2 aliphatic rings. The molecule has 0 bridgehead atoms. The number of aromatic nitrogens is 2. The van der Waals surface area contributed by atoms with E-state index in [1.165, 1.54) is 12.5 Å². The number of benzene rings is 1. The second-order valence-corrected chi connectivity index (χ2v) is 8.67. The van der Waals surface area contributed by atoms with Crippen LogP contribution in [0.1, 0.15) is 62.8 Å². The van der Waals surface area contributed by atoms with Crippen LogP contribution in [0.4, 0.5) is 4.39 Å². The van der Waals surface area contributed by atoms with Crippen molar-refractivity contribution in [2.24, 2.45) is 0 Å². The zero-order chi connectivity index (χ0) is 20.4. The van der Waals surface area contributed by atoms with Gasteiger partial charge in [0.05, 0.1) is 0 Å². The Balaban J connectivity index is 1.59. The van der Waals surface area contributed by atoms with Gasteiger partial charge in [-0.3, -0.25) is 4.79 Å². The average molecular weight is 399 g/mol. The number of nitrogens with one attached hydrogen (secondary N) is 1. The molecule has 1 aromatic heterocycles. The number of likely N-dealkylation sites (tertiary alicyclic amines) is 1. The molecule has 0 spiro atoms. The van der Waals surface area contributed by atoms with E-state index < -0.39 is 0 Å². The smallest absolute Gasteiger partial charge is 0.242 e. The number of carbonyl (C=O) groups excluding carboxylic acids is 1. The number of carbonyl (C=O) groups is 1. The summed E-state index contributed by atoms with van der Waals surface area (Å²) < 4.78 is 15.9. The van der Waals surface area contributed by atoms with Crippen LogP contribution < -0.4 is 5.32 Å². The number of fused-ring (bicyclic) bond motifs is 1. The van der Waals surface area contributed by atoms with E-state index in [1.54, 1.807) is 18.3 Å². The number of nitrogens with zero attached hydrogens (tertiary/aromatic N) is 3. The molecule has 2 aliphatic heterocycles. The Morgan fingerprint density at radius 2 is 2.17 bits per heavy atom. The summed E-state index contributed by atoms with van der Waals surface area (Å²) in [7, 11) is 0. The van der Waals surface area contributed by atoms with Gasteiger partial charge in [-0.2, -0.15) is 0 Å². The highest BCUT2D eigenvalue weighted by molar-refractivity contribution is 5.77. The standard InChI is InChI=1S/C23H31FN4O/c1-16(2)23-26-11-12-27(23)15-21(29)28-14-19(17-7-6-8-18(24)13-17)22-20(28)9-4-3-5-10-25-22/h6-8,11-13,16,19-20,22,25H,3-5,9-10,14-15H2,1-2H3/t19-,20+,22-/m0/s1. The van der Waals surface area contributed by atoms with Gasteiger partial charge >= 0.3 is 0 Å². The first-order valence-corrected chi connectivity index (χ1v) is 10.8. The number of halogens is 1. The molecule has 2 saturated heterocycles. The molecular weight excluding hydrogens is 367 g/mol.